The zero-order valence-corrected chi connectivity index (χ0v) is 15.2. The van der Waals surface area contributed by atoms with Gasteiger partial charge in [-0.3, -0.25) is 9.80 Å². The van der Waals surface area contributed by atoms with Crippen LogP contribution in [0.1, 0.15) is 15.9 Å². The molecule has 0 fully saturated rings. The number of nitrogens with one attached hydrogen (secondary N) is 4. The highest BCUT2D eigenvalue weighted by atomic mass is 16.5. The normalized spacial score (nSPS) is 18.5. The van der Waals surface area contributed by atoms with E-state index in [1.165, 1.54) is 6.07 Å². The van der Waals surface area contributed by atoms with E-state index in [9.17, 15) is 24.8 Å². The number of amides is 1. The predicted molar refractivity (Wildman–Crippen MR) is 98.7 cm³/mol. The smallest absolute Gasteiger partial charge is 0.534 e. The number of rotatable bonds is 7. The van der Waals surface area contributed by atoms with Gasteiger partial charge in [0, 0.05) is 6.54 Å². The first-order valence-electron chi connectivity index (χ1n) is 8.70. The first-order valence-corrected chi connectivity index (χ1v) is 8.70. The third-order valence-electron chi connectivity index (χ3n) is 4.52. The Hall–Kier alpha value is -2.80. The molecule has 2 aliphatic heterocycles. The van der Waals surface area contributed by atoms with Crippen molar-refractivity contribution in [1.29, 1.82) is 0 Å². The van der Waals surface area contributed by atoms with Gasteiger partial charge in [-0.05, 0) is 25.1 Å². The summed E-state index contributed by atoms with van der Waals surface area (Å²) in [5, 5.41) is 36.0. The number of benzene rings is 1. The van der Waals surface area contributed by atoms with Gasteiger partial charge in [-0.15, -0.1) is 5.53 Å². The van der Waals surface area contributed by atoms with Crippen LogP contribution in [-0.4, -0.2) is 71.9 Å². The fourth-order valence-corrected chi connectivity index (χ4v) is 3.18. The SMILES string of the molecule is CNCC1=C(CO)NNN1CC(=O)N[C@H]1Cc2cccc(C(=O)O)c2OB1O. The van der Waals surface area contributed by atoms with Crippen molar-refractivity contribution < 1.29 is 29.5 Å². The van der Waals surface area contributed by atoms with Crippen molar-refractivity contribution in [1.82, 2.24) is 26.6 Å². The number of nitrogens with zero attached hydrogens (tertiary/aromatic N) is 1. The molecule has 2 aliphatic rings. The molecule has 0 saturated carbocycles. The van der Waals surface area contributed by atoms with Crippen molar-refractivity contribution in [2.75, 3.05) is 26.7 Å². The van der Waals surface area contributed by atoms with E-state index < -0.39 is 19.0 Å². The molecule has 150 valence electrons. The second kappa shape index (κ2) is 8.48. The van der Waals surface area contributed by atoms with Gasteiger partial charge < -0.3 is 36.0 Å². The summed E-state index contributed by atoms with van der Waals surface area (Å²) in [6.45, 7) is 0.155. The maximum atomic E-state index is 12.5. The summed E-state index contributed by atoms with van der Waals surface area (Å²) >= 11 is 0. The molecule has 28 heavy (non-hydrogen) atoms. The molecule has 1 aromatic rings. The molecule has 7 N–H and O–H groups in total. The quantitative estimate of drug-likeness (QED) is 0.250. The van der Waals surface area contributed by atoms with Gasteiger partial charge in [0.25, 0.3) is 0 Å². The summed E-state index contributed by atoms with van der Waals surface area (Å²) in [5.41, 5.74) is 7.39. The van der Waals surface area contributed by atoms with E-state index in [2.05, 4.69) is 21.6 Å². The van der Waals surface area contributed by atoms with Crippen LogP contribution in [-0.2, 0) is 11.2 Å². The van der Waals surface area contributed by atoms with Gasteiger partial charge in [0.15, 0.2) is 0 Å². The second-order valence-corrected chi connectivity index (χ2v) is 6.42. The van der Waals surface area contributed by atoms with E-state index in [1.807, 2.05) is 0 Å². The third kappa shape index (κ3) is 4.04. The van der Waals surface area contributed by atoms with Crippen molar-refractivity contribution in [2.24, 2.45) is 0 Å². The van der Waals surface area contributed by atoms with Crippen LogP contribution in [0, 0.1) is 0 Å². The number of fused-ring (bicyclic) bond motifs is 1. The number of hydrogen-bond donors (Lipinski definition) is 7. The van der Waals surface area contributed by atoms with Gasteiger partial charge in [0.1, 0.15) is 12.3 Å². The predicted octanol–water partition coefficient (Wildman–Crippen LogP) is -2.43. The largest absolute Gasteiger partial charge is 0.547 e. The highest BCUT2D eigenvalue weighted by molar-refractivity contribution is 6.47. The lowest BCUT2D eigenvalue weighted by atomic mass is 9.72. The standard InChI is InChI=1S/C16H22BN5O6/c1-18-6-12-11(8-23)20-21-22(12)7-14(24)19-13-5-9-3-2-4-10(16(25)26)15(9)28-17(13)27/h2-4,13,18,20-21,23,27H,5-8H2,1H3,(H,19,24)(H,25,26)/t13-/m0/s1. The molecule has 0 spiro atoms. The van der Waals surface area contributed by atoms with E-state index in [0.717, 1.165) is 0 Å². The van der Waals surface area contributed by atoms with Crippen LogP contribution in [0.15, 0.2) is 29.6 Å². The van der Waals surface area contributed by atoms with E-state index in [0.29, 0.717) is 23.5 Å². The number of carbonyl (C=O) groups excluding carboxylic acids is 1. The Labute approximate surface area is 161 Å². The van der Waals surface area contributed by atoms with Crippen LogP contribution in [0.5, 0.6) is 5.75 Å². The number of aliphatic hydroxyl groups is 1. The Morgan fingerprint density at radius 1 is 1.43 bits per heavy atom. The number of carbonyl (C=O) groups is 2. The molecule has 0 saturated heterocycles. The number of hydrazine groups is 2. The topological polar surface area (TPSA) is 155 Å². The lowest BCUT2D eigenvalue weighted by molar-refractivity contribution is -0.122. The number of carboxylic acids is 1. The van der Waals surface area contributed by atoms with Crippen molar-refractivity contribution in [3.63, 3.8) is 0 Å². The Balaban J connectivity index is 1.66. The number of para-hydroxylation sites is 1. The monoisotopic (exact) mass is 391 g/mol. The molecule has 0 radical (unpaired) electrons. The first-order chi connectivity index (χ1) is 13.4. The molecule has 0 aliphatic carbocycles. The number of carboxylic acid groups (broad SMARTS) is 1. The molecule has 2 heterocycles. The molecule has 1 atom stereocenters. The van der Waals surface area contributed by atoms with Gasteiger partial charge in [0.2, 0.25) is 5.91 Å². The lowest BCUT2D eigenvalue weighted by Crippen LogP contribution is -2.55. The van der Waals surface area contributed by atoms with Gasteiger partial charge in [-0.2, -0.15) is 0 Å². The minimum Gasteiger partial charge on any atom is -0.534 e. The average Bonchev–Trinajstić information content (AvgIpc) is 3.03. The molecule has 1 aromatic carbocycles. The van der Waals surface area contributed by atoms with E-state index in [1.54, 1.807) is 24.2 Å². The van der Waals surface area contributed by atoms with Crippen molar-refractivity contribution in [3.05, 3.63) is 40.7 Å². The van der Waals surface area contributed by atoms with Crippen LogP contribution < -0.4 is 26.2 Å². The van der Waals surface area contributed by atoms with E-state index in [4.69, 9.17) is 4.65 Å². The van der Waals surface area contributed by atoms with Crippen LogP contribution >= 0.6 is 0 Å². The third-order valence-corrected chi connectivity index (χ3v) is 4.52. The number of aliphatic hydroxyl groups excluding tert-OH is 1. The van der Waals surface area contributed by atoms with Gasteiger partial charge in [0.05, 0.1) is 29.5 Å². The summed E-state index contributed by atoms with van der Waals surface area (Å²) < 4.78 is 5.37. The fourth-order valence-electron chi connectivity index (χ4n) is 3.18. The molecular formula is C16H22BN5O6. The molecular weight excluding hydrogens is 369 g/mol. The van der Waals surface area contributed by atoms with Gasteiger partial charge in [-0.1, -0.05) is 12.1 Å². The lowest BCUT2D eigenvalue weighted by Gasteiger charge is -2.29. The Kier molecular flexibility index (Phi) is 6.04. The zero-order valence-electron chi connectivity index (χ0n) is 15.2. The number of aromatic carboxylic acids is 1. The van der Waals surface area contributed by atoms with Crippen LogP contribution in [0.25, 0.3) is 0 Å². The molecule has 1 amide bonds. The van der Waals surface area contributed by atoms with Crippen molar-refractivity contribution >= 4 is 19.0 Å². The summed E-state index contributed by atoms with van der Waals surface area (Å²) in [6.07, 6.45) is 0.232. The van der Waals surface area contributed by atoms with E-state index >= 15 is 0 Å². The maximum Gasteiger partial charge on any atom is 0.547 e. The Morgan fingerprint density at radius 2 is 2.21 bits per heavy atom. The second-order valence-electron chi connectivity index (χ2n) is 6.42. The van der Waals surface area contributed by atoms with Crippen LogP contribution in [0.3, 0.4) is 0 Å². The highest BCUT2D eigenvalue weighted by Crippen LogP contribution is 2.30. The molecule has 0 aromatic heterocycles. The van der Waals surface area contributed by atoms with Crippen LogP contribution in [0.4, 0.5) is 0 Å². The Morgan fingerprint density at radius 3 is 2.89 bits per heavy atom. The minimum atomic E-state index is -1.37. The molecule has 11 nitrogen and oxygen atoms in total. The fraction of sp³-hybridized carbons (Fsp3) is 0.375. The van der Waals surface area contributed by atoms with Gasteiger partial charge in [-0.25, -0.2) is 4.79 Å². The molecule has 12 heteroatoms. The summed E-state index contributed by atoms with van der Waals surface area (Å²) in [7, 11) is 0.374. The average molecular weight is 391 g/mol. The van der Waals surface area contributed by atoms with Crippen LogP contribution in [0.2, 0.25) is 0 Å². The van der Waals surface area contributed by atoms with Crippen molar-refractivity contribution in [3.8, 4) is 5.75 Å². The number of likely N-dealkylation sites (N-methyl/N-ethyl adjacent to an activating group) is 1. The molecule has 0 unspecified atom stereocenters. The number of hydrogen-bond acceptors (Lipinski definition) is 9. The zero-order chi connectivity index (χ0) is 20.3. The summed E-state index contributed by atoms with van der Waals surface area (Å²) in [6, 6.07) is 4.68. The van der Waals surface area contributed by atoms with E-state index in [-0.39, 0.29) is 36.8 Å². The first kappa shape index (κ1) is 20.0. The Bertz CT molecular complexity index is 804. The summed E-state index contributed by atoms with van der Waals surface area (Å²) in [4.78, 5) is 23.7. The maximum absolute atomic E-state index is 12.5. The van der Waals surface area contributed by atoms with Gasteiger partial charge >= 0.3 is 13.1 Å². The summed E-state index contributed by atoms with van der Waals surface area (Å²) in [5.74, 6) is -2.14. The minimum absolute atomic E-state index is 0.0351. The molecule has 0 bridgehead atoms. The highest BCUT2D eigenvalue weighted by Gasteiger charge is 2.38. The van der Waals surface area contributed by atoms with Crippen molar-refractivity contribution in [2.45, 2.75) is 12.4 Å². The molecule has 3 rings (SSSR count).